The van der Waals surface area contributed by atoms with E-state index in [2.05, 4.69) is 41.2 Å². The third-order valence-electron chi connectivity index (χ3n) is 3.65. The van der Waals surface area contributed by atoms with Crippen molar-refractivity contribution in [2.45, 2.75) is 27.4 Å². The number of amides is 1. The van der Waals surface area contributed by atoms with Gasteiger partial charge in [-0.2, -0.15) is 0 Å². The molecule has 0 spiro atoms. The van der Waals surface area contributed by atoms with Gasteiger partial charge in [0.2, 0.25) is 0 Å². The van der Waals surface area contributed by atoms with Crippen LogP contribution in [0.2, 0.25) is 0 Å². The van der Waals surface area contributed by atoms with E-state index in [0.717, 1.165) is 21.3 Å². The van der Waals surface area contributed by atoms with Gasteiger partial charge in [-0.3, -0.25) is 0 Å². The minimum atomic E-state index is -0.508. The summed E-state index contributed by atoms with van der Waals surface area (Å²) in [6.45, 7) is 6.45. The number of benzene rings is 2. The SMILES string of the molecule is CNC(=O)Oc1cccc(Br)c1COc1cc(C)c(C)cc1C. The van der Waals surface area contributed by atoms with E-state index >= 15 is 0 Å². The molecule has 1 N–H and O–H groups in total. The third-order valence-corrected chi connectivity index (χ3v) is 4.39. The number of nitrogens with one attached hydrogen (secondary N) is 1. The fraction of sp³-hybridized carbons (Fsp3) is 0.278. The molecule has 2 aromatic carbocycles. The summed E-state index contributed by atoms with van der Waals surface area (Å²) in [4.78, 5) is 11.5. The molecule has 5 heteroatoms. The first-order chi connectivity index (χ1) is 10.9. The molecule has 122 valence electrons. The number of aryl methyl sites for hydroxylation is 3. The quantitative estimate of drug-likeness (QED) is 0.841. The summed E-state index contributed by atoms with van der Waals surface area (Å²) in [6.07, 6.45) is -0.508. The second-order valence-electron chi connectivity index (χ2n) is 5.35. The van der Waals surface area contributed by atoms with Crippen LogP contribution in [0, 0.1) is 20.8 Å². The summed E-state index contributed by atoms with van der Waals surface area (Å²) in [5.41, 5.74) is 4.28. The molecule has 0 aliphatic rings. The molecule has 4 nitrogen and oxygen atoms in total. The van der Waals surface area contributed by atoms with Gasteiger partial charge < -0.3 is 14.8 Å². The van der Waals surface area contributed by atoms with Crippen LogP contribution in [0.15, 0.2) is 34.8 Å². The molecule has 0 aliphatic carbocycles. The maximum absolute atomic E-state index is 11.5. The largest absolute Gasteiger partial charge is 0.488 e. The number of halogens is 1. The number of hydrogen-bond acceptors (Lipinski definition) is 3. The van der Waals surface area contributed by atoms with Gasteiger partial charge >= 0.3 is 6.09 Å². The number of ether oxygens (including phenoxy) is 2. The first-order valence-corrected chi connectivity index (χ1v) is 8.09. The Kier molecular flexibility index (Phi) is 5.66. The molecule has 2 rings (SSSR count). The van der Waals surface area contributed by atoms with Crippen LogP contribution in [0.3, 0.4) is 0 Å². The minimum absolute atomic E-state index is 0.303. The lowest BCUT2D eigenvalue weighted by molar-refractivity contribution is 0.201. The van der Waals surface area contributed by atoms with E-state index in [1.807, 2.05) is 25.1 Å². The molecule has 0 unspecified atom stereocenters. The molecule has 0 aliphatic heterocycles. The predicted octanol–water partition coefficient (Wildman–Crippen LogP) is 4.67. The smallest absolute Gasteiger partial charge is 0.412 e. The highest BCUT2D eigenvalue weighted by atomic mass is 79.9. The second-order valence-corrected chi connectivity index (χ2v) is 6.20. The summed E-state index contributed by atoms with van der Waals surface area (Å²) in [5, 5.41) is 2.44. The maximum atomic E-state index is 11.5. The van der Waals surface area contributed by atoms with Crippen molar-refractivity contribution in [1.29, 1.82) is 0 Å². The number of carbonyl (C=O) groups excluding carboxylic acids is 1. The second kappa shape index (κ2) is 7.51. The van der Waals surface area contributed by atoms with E-state index in [4.69, 9.17) is 9.47 Å². The van der Waals surface area contributed by atoms with Crippen LogP contribution in [-0.4, -0.2) is 13.1 Å². The molecule has 1 amide bonds. The first kappa shape index (κ1) is 17.3. The Bertz CT molecular complexity index is 728. The number of rotatable bonds is 4. The summed E-state index contributed by atoms with van der Waals surface area (Å²) in [6, 6.07) is 9.58. The molecule has 0 saturated heterocycles. The summed E-state index contributed by atoms with van der Waals surface area (Å²) in [5.74, 6) is 1.30. The van der Waals surface area contributed by atoms with Crippen molar-refractivity contribution in [3.05, 3.63) is 57.1 Å². The monoisotopic (exact) mass is 377 g/mol. The highest BCUT2D eigenvalue weighted by Gasteiger charge is 2.13. The van der Waals surface area contributed by atoms with Gasteiger partial charge in [0.25, 0.3) is 0 Å². The van der Waals surface area contributed by atoms with E-state index in [0.29, 0.717) is 12.4 Å². The molecule has 0 fully saturated rings. The van der Waals surface area contributed by atoms with E-state index in [-0.39, 0.29) is 0 Å². The Morgan fingerprint density at radius 3 is 2.48 bits per heavy atom. The lowest BCUT2D eigenvalue weighted by Crippen LogP contribution is -2.22. The zero-order chi connectivity index (χ0) is 17.0. The topological polar surface area (TPSA) is 47.6 Å². The van der Waals surface area contributed by atoms with Crippen molar-refractivity contribution in [2.24, 2.45) is 0 Å². The van der Waals surface area contributed by atoms with Crippen molar-refractivity contribution < 1.29 is 14.3 Å². The van der Waals surface area contributed by atoms with Gasteiger partial charge in [-0.25, -0.2) is 4.79 Å². The Morgan fingerprint density at radius 1 is 1.09 bits per heavy atom. The van der Waals surface area contributed by atoms with E-state index in [1.165, 1.54) is 18.2 Å². The molecule has 0 aromatic heterocycles. The van der Waals surface area contributed by atoms with Gasteiger partial charge in [0, 0.05) is 17.1 Å². The minimum Gasteiger partial charge on any atom is -0.488 e. The zero-order valence-electron chi connectivity index (χ0n) is 13.7. The highest BCUT2D eigenvalue weighted by Crippen LogP contribution is 2.30. The molecule has 0 radical (unpaired) electrons. The van der Waals surface area contributed by atoms with Crippen LogP contribution in [0.4, 0.5) is 4.79 Å². The Labute approximate surface area is 144 Å². The van der Waals surface area contributed by atoms with Gasteiger partial charge in [-0.05, 0) is 55.7 Å². The fourth-order valence-electron chi connectivity index (χ4n) is 2.16. The van der Waals surface area contributed by atoms with E-state index < -0.39 is 6.09 Å². The molecular formula is C18H20BrNO3. The van der Waals surface area contributed by atoms with Gasteiger partial charge in [-0.1, -0.05) is 28.1 Å². The average Bonchev–Trinajstić information content (AvgIpc) is 2.51. The number of carbonyl (C=O) groups is 1. The first-order valence-electron chi connectivity index (χ1n) is 7.30. The van der Waals surface area contributed by atoms with Crippen molar-refractivity contribution in [2.75, 3.05) is 7.05 Å². The summed E-state index contributed by atoms with van der Waals surface area (Å²) >= 11 is 3.49. The molecule has 23 heavy (non-hydrogen) atoms. The lowest BCUT2D eigenvalue weighted by atomic mass is 10.1. The van der Waals surface area contributed by atoms with Crippen LogP contribution in [0.25, 0.3) is 0 Å². The van der Waals surface area contributed by atoms with Crippen LogP contribution in [0.1, 0.15) is 22.3 Å². The summed E-state index contributed by atoms with van der Waals surface area (Å²) < 4.78 is 12.1. The standard InChI is InChI=1S/C18H20BrNO3/c1-11-8-13(3)17(9-12(11)2)22-10-14-15(19)6-5-7-16(14)23-18(21)20-4/h5-9H,10H2,1-4H3,(H,20,21). The van der Waals surface area contributed by atoms with Crippen molar-refractivity contribution in [1.82, 2.24) is 5.32 Å². The molecule has 0 heterocycles. The molecule has 0 saturated carbocycles. The molecular weight excluding hydrogens is 358 g/mol. The normalized spacial score (nSPS) is 10.3. The van der Waals surface area contributed by atoms with Crippen molar-refractivity contribution >= 4 is 22.0 Å². The third kappa shape index (κ3) is 4.26. The van der Waals surface area contributed by atoms with Crippen LogP contribution in [0.5, 0.6) is 11.5 Å². The Morgan fingerprint density at radius 2 is 1.78 bits per heavy atom. The maximum Gasteiger partial charge on any atom is 0.412 e. The van der Waals surface area contributed by atoms with E-state index in [9.17, 15) is 4.79 Å². The average molecular weight is 378 g/mol. The molecule has 0 bridgehead atoms. The van der Waals surface area contributed by atoms with Gasteiger partial charge in [0.05, 0.1) is 0 Å². The van der Waals surface area contributed by atoms with Gasteiger partial charge in [0.15, 0.2) is 0 Å². The van der Waals surface area contributed by atoms with Crippen LogP contribution >= 0.6 is 15.9 Å². The lowest BCUT2D eigenvalue weighted by Gasteiger charge is -2.15. The Hall–Kier alpha value is -2.01. The summed E-state index contributed by atoms with van der Waals surface area (Å²) in [7, 11) is 1.52. The number of hydrogen-bond donors (Lipinski definition) is 1. The highest BCUT2D eigenvalue weighted by molar-refractivity contribution is 9.10. The van der Waals surface area contributed by atoms with Crippen LogP contribution in [-0.2, 0) is 6.61 Å². The van der Waals surface area contributed by atoms with Gasteiger partial charge in [-0.15, -0.1) is 0 Å². The zero-order valence-corrected chi connectivity index (χ0v) is 15.3. The van der Waals surface area contributed by atoms with Gasteiger partial charge in [0.1, 0.15) is 18.1 Å². The molecule has 0 atom stereocenters. The van der Waals surface area contributed by atoms with Crippen molar-refractivity contribution in [3.8, 4) is 11.5 Å². The van der Waals surface area contributed by atoms with Crippen molar-refractivity contribution in [3.63, 3.8) is 0 Å². The Balaban J connectivity index is 2.23. The van der Waals surface area contributed by atoms with E-state index in [1.54, 1.807) is 6.07 Å². The molecule has 2 aromatic rings. The van der Waals surface area contributed by atoms with Crippen LogP contribution < -0.4 is 14.8 Å². The predicted molar refractivity (Wildman–Crippen MR) is 94.2 cm³/mol. The fourth-order valence-corrected chi connectivity index (χ4v) is 2.63.